The molecule has 80 valence electrons. The van der Waals surface area contributed by atoms with E-state index in [4.69, 9.17) is 0 Å². The number of nitrogens with one attached hydrogen (secondary N) is 1. The first-order valence-corrected chi connectivity index (χ1v) is 5.44. The predicted octanol–water partition coefficient (Wildman–Crippen LogP) is 2.43. The van der Waals surface area contributed by atoms with Crippen molar-refractivity contribution in [3.8, 4) is 0 Å². The Kier molecular flexibility index (Phi) is 2.03. The van der Waals surface area contributed by atoms with Crippen LogP contribution in [0.2, 0.25) is 0 Å². The maximum Gasteiger partial charge on any atom is 0.323 e. The lowest BCUT2D eigenvalue weighted by Crippen LogP contribution is -2.33. The normalized spacial score (nSPS) is 15.4. The Morgan fingerprint density at radius 3 is 2.88 bits per heavy atom. The third-order valence-electron chi connectivity index (χ3n) is 2.92. The molecule has 1 aromatic heterocycles. The fraction of sp³-hybridized carbons (Fsp3) is 0.154. The number of fused-ring (bicyclic) bond motifs is 1. The van der Waals surface area contributed by atoms with Crippen molar-refractivity contribution in [3.05, 3.63) is 48.3 Å². The van der Waals surface area contributed by atoms with Gasteiger partial charge in [-0.1, -0.05) is 30.4 Å². The van der Waals surface area contributed by atoms with Gasteiger partial charge in [0.15, 0.2) is 5.52 Å². The molecule has 2 N–H and O–H groups in total. The summed E-state index contributed by atoms with van der Waals surface area (Å²) in [4.78, 5) is 3.24. The largest absolute Gasteiger partial charge is 0.349 e. The molecule has 0 radical (unpaired) electrons. The van der Waals surface area contributed by atoms with Crippen molar-refractivity contribution in [2.45, 2.75) is 12.8 Å². The molecule has 0 saturated carbocycles. The molecule has 0 bridgehead atoms. The number of allylic oxidation sites excluding steroid dienone is 4. The molecule has 2 aromatic rings. The number of imidazole rings is 1. The Morgan fingerprint density at radius 2 is 2.12 bits per heavy atom. The van der Waals surface area contributed by atoms with Gasteiger partial charge in [0.1, 0.15) is 0 Å². The van der Waals surface area contributed by atoms with Crippen molar-refractivity contribution >= 4 is 16.6 Å². The van der Waals surface area contributed by atoms with Crippen LogP contribution in [0.3, 0.4) is 0 Å². The molecule has 3 rings (SSSR count). The molecule has 0 unspecified atom stereocenters. The molecule has 0 spiro atoms. The minimum atomic E-state index is 0.783. The number of hydrogen-bond donors (Lipinski definition) is 2. The second-order valence-corrected chi connectivity index (χ2v) is 3.96. The lowest BCUT2D eigenvalue weighted by molar-refractivity contribution is -0.886. The van der Waals surface area contributed by atoms with Gasteiger partial charge >= 0.3 is 5.82 Å². The van der Waals surface area contributed by atoms with Crippen LogP contribution in [0.25, 0.3) is 16.6 Å². The third kappa shape index (κ3) is 1.33. The highest BCUT2D eigenvalue weighted by Gasteiger charge is 2.21. The van der Waals surface area contributed by atoms with Gasteiger partial charge in [-0.05, 0) is 29.7 Å². The third-order valence-corrected chi connectivity index (χ3v) is 2.92. The van der Waals surface area contributed by atoms with E-state index in [2.05, 4.69) is 11.1 Å². The van der Waals surface area contributed by atoms with E-state index in [0.29, 0.717) is 0 Å². The molecule has 3 nitrogen and oxygen atoms in total. The molecule has 0 aliphatic heterocycles. The van der Waals surface area contributed by atoms with Crippen LogP contribution in [0.4, 0.5) is 0 Å². The molecule has 1 aliphatic carbocycles. The van der Waals surface area contributed by atoms with Gasteiger partial charge in [0.05, 0.1) is 0 Å². The minimum Gasteiger partial charge on any atom is -0.349 e. The molecule has 1 aliphatic rings. The highest BCUT2D eigenvalue weighted by Crippen LogP contribution is 2.21. The minimum absolute atomic E-state index is 0.783. The molecule has 0 atom stereocenters. The summed E-state index contributed by atoms with van der Waals surface area (Å²) in [5, 5.41) is 10.1. The van der Waals surface area contributed by atoms with E-state index < -0.39 is 0 Å². The number of para-hydroxylation sites is 2. The molecule has 1 heterocycles. The molecule has 3 heteroatoms. The Balaban J connectivity index is 2.20. The smallest absolute Gasteiger partial charge is 0.323 e. The zero-order valence-electron chi connectivity index (χ0n) is 8.85. The topological polar surface area (TPSA) is 39.9 Å². The molecular formula is C13H13N2O+. The first kappa shape index (κ1) is 9.21. The molecule has 1 aromatic carbocycles. The van der Waals surface area contributed by atoms with Crippen LogP contribution in [0.15, 0.2) is 42.5 Å². The summed E-state index contributed by atoms with van der Waals surface area (Å²) in [7, 11) is 0. The first-order chi connectivity index (χ1) is 7.86. The van der Waals surface area contributed by atoms with E-state index in [9.17, 15) is 5.21 Å². The quantitative estimate of drug-likeness (QED) is 0.554. The van der Waals surface area contributed by atoms with Crippen LogP contribution in [0.5, 0.6) is 0 Å². The Labute approximate surface area is 93.3 Å². The van der Waals surface area contributed by atoms with E-state index in [0.717, 1.165) is 35.3 Å². The number of nitrogens with zero attached hydrogens (tertiary/aromatic N) is 1. The van der Waals surface area contributed by atoms with E-state index in [-0.39, 0.29) is 0 Å². The number of H-pyrrole nitrogens is 1. The summed E-state index contributed by atoms with van der Waals surface area (Å²) in [5.41, 5.74) is 2.91. The van der Waals surface area contributed by atoms with Crippen molar-refractivity contribution in [2.75, 3.05) is 0 Å². The summed E-state index contributed by atoms with van der Waals surface area (Å²) < 4.78 is 1.24. The SMILES string of the molecule is O[n+]1c(C2=CC=CCC2)[nH]c2ccccc21. The highest BCUT2D eigenvalue weighted by atomic mass is 16.5. The number of benzene rings is 1. The first-order valence-electron chi connectivity index (χ1n) is 5.44. The Bertz CT molecular complexity index is 593. The van der Waals surface area contributed by atoms with Crippen molar-refractivity contribution in [1.82, 2.24) is 4.98 Å². The van der Waals surface area contributed by atoms with Gasteiger partial charge in [-0.25, -0.2) is 4.98 Å². The van der Waals surface area contributed by atoms with Crippen molar-refractivity contribution in [2.24, 2.45) is 0 Å². The lowest BCUT2D eigenvalue weighted by atomic mass is 10.1. The van der Waals surface area contributed by atoms with Crippen LogP contribution in [-0.4, -0.2) is 10.2 Å². The average Bonchev–Trinajstić information content (AvgIpc) is 2.69. The van der Waals surface area contributed by atoms with Gasteiger partial charge < -0.3 is 5.21 Å². The van der Waals surface area contributed by atoms with E-state index in [1.54, 1.807) is 0 Å². The zero-order valence-corrected chi connectivity index (χ0v) is 8.85. The average molecular weight is 213 g/mol. The zero-order chi connectivity index (χ0) is 11.0. The molecular weight excluding hydrogens is 200 g/mol. The van der Waals surface area contributed by atoms with Crippen molar-refractivity contribution in [3.63, 3.8) is 0 Å². The second kappa shape index (κ2) is 3.52. The second-order valence-electron chi connectivity index (χ2n) is 3.96. The van der Waals surface area contributed by atoms with Crippen LogP contribution in [0.1, 0.15) is 18.7 Å². The van der Waals surface area contributed by atoms with E-state index in [1.165, 1.54) is 4.73 Å². The van der Waals surface area contributed by atoms with Crippen molar-refractivity contribution < 1.29 is 9.94 Å². The van der Waals surface area contributed by atoms with Crippen molar-refractivity contribution in [1.29, 1.82) is 0 Å². The summed E-state index contributed by atoms with van der Waals surface area (Å²) in [5.74, 6) is 0.783. The standard InChI is InChI=1S/C13H12N2O/c16-15-12-9-5-4-8-11(12)14-13(15)10-6-2-1-3-7-10/h1-2,4-6,8-9,16H,3,7H2/p+1. The van der Waals surface area contributed by atoms with Crippen LogP contribution in [0, 0.1) is 0 Å². The predicted molar refractivity (Wildman–Crippen MR) is 62.0 cm³/mol. The maximum atomic E-state index is 10.1. The fourth-order valence-corrected chi connectivity index (χ4v) is 2.08. The molecule has 0 amide bonds. The van der Waals surface area contributed by atoms with Crippen LogP contribution >= 0.6 is 0 Å². The van der Waals surface area contributed by atoms with Gasteiger partial charge in [0, 0.05) is 5.57 Å². The molecule has 16 heavy (non-hydrogen) atoms. The van der Waals surface area contributed by atoms with Gasteiger partial charge in [0.2, 0.25) is 5.52 Å². The number of hydrogen-bond acceptors (Lipinski definition) is 1. The van der Waals surface area contributed by atoms with Crippen LogP contribution in [-0.2, 0) is 0 Å². The highest BCUT2D eigenvalue weighted by molar-refractivity contribution is 5.74. The molecule has 0 saturated heterocycles. The summed E-state index contributed by atoms with van der Waals surface area (Å²) in [6.07, 6.45) is 8.20. The lowest BCUT2D eigenvalue weighted by Gasteiger charge is -2.02. The number of rotatable bonds is 1. The van der Waals surface area contributed by atoms with Crippen LogP contribution < -0.4 is 4.73 Å². The maximum absolute atomic E-state index is 10.1. The summed E-state index contributed by atoms with van der Waals surface area (Å²) in [6, 6.07) is 7.74. The van der Waals surface area contributed by atoms with Gasteiger partial charge in [-0.3, -0.25) is 0 Å². The number of aromatic nitrogens is 2. The fourth-order valence-electron chi connectivity index (χ4n) is 2.08. The van der Waals surface area contributed by atoms with Gasteiger partial charge in [-0.15, -0.1) is 0 Å². The molecule has 0 fully saturated rings. The van der Waals surface area contributed by atoms with Gasteiger partial charge in [0.25, 0.3) is 0 Å². The van der Waals surface area contributed by atoms with E-state index >= 15 is 0 Å². The van der Waals surface area contributed by atoms with Gasteiger partial charge in [-0.2, -0.15) is 0 Å². The Hall–Kier alpha value is -2.03. The van der Waals surface area contributed by atoms with E-state index in [1.807, 2.05) is 36.4 Å². The Morgan fingerprint density at radius 1 is 1.25 bits per heavy atom. The number of aromatic amines is 1. The summed E-state index contributed by atoms with van der Waals surface area (Å²) in [6.45, 7) is 0. The monoisotopic (exact) mass is 213 g/mol. The summed E-state index contributed by atoms with van der Waals surface area (Å²) >= 11 is 0.